The van der Waals surface area contributed by atoms with Gasteiger partial charge in [-0.2, -0.15) is 15.0 Å². The summed E-state index contributed by atoms with van der Waals surface area (Å²) in [6, 6.07) is 0.508. The molecule has 1 aromatic heterocycles. The van der Waals surface area contributed by atoms with Crippen LogP contribution in [0.5, 0.6) is 6.01 Å². The van der Waals surface area contributed by atoms with Gasteiger partial charge < -0.3 is 15.4 Å². The summed E-state index contributed by atoms with van der Waals surface area (Å²) in [5, 5.41) is 0.146. The minimum Gasteiger partial charge on any atom is -0.467 e. The first-order valence-corrected chi connectivity index (χ1v) is 6.04. The third-order valence-corrected chi connectivity index (χ3v) is 3.08. The molecule has 6 nitrogen and oxygen atoms in total. The molecule has 7 heteroatoms. The number of halogens is 1. The van der Waals surface area contributed by atoms with Crippen LogP contribution in [0.25, 0.3) is 0 Å². The highest BCUT2D eigenvalue weighted by Gasteiger charge is 2.24. The van der Waals surface area contributed by atoms with Crippen LogP contribution in [-0.2, 0) is 0 Å². The summed E-state index contributed by atoms with van der Waals surface area (Å²) in [5.41, 5.74) is 5.76. The number of aromatic nitrogens is 3. The number of piperidine rings is 1. The lowest BCUT2D eigenvalue weighted by molar-refractivity contribution is 0.375. The fourth-order valence-electron chi connectivity index (χ4n) is 2.05. The summed E-state index contributed by atoms with van der Waals surface area (Å²) < 4.78 is 4.99. The number of ether oxygens (including phenoxy) is 1. The minimum atomic E-state index is 0.146. The van der Waals surface area contributed by atoms with Crippen molar-refractivity contribution in [3.63, 3.8) is 0 Å². The molecule has 1 aliphatic rings. The predicted molar refractivity (Wildman–Crippen MR) is 65.4 cm³/mol. The smallest absolute Gasteiger partial charge is 0.322 e. The molecular weight excluding hydrogens is 242 g/mol. The van der Waals surface area contributed by atoms with E-state index in [4.69, 9.17) is 22.1 Å². The largest absolute Gasteiger partial charge is 0.467 e. The van der Waals surface area contributed by atoms with Crippen LogP contribution in [0.1, 0.15) is 19.3 Å². The zero-order valence-electron chi connectivity index (χ0n) is 9.77. The topological polar surface area (TPSA) is 77.2 Å². The van der Waals surface area contributed by atoms with Crippen LogP contribution >= 0.6 is 11.6 Å². The number of nitrogens with zero attached hydrogens (tertiary/aromatic N) is 4. The second-order valence-electron chi connectivity index (χ2n) is 3.97. The first-order valence-electron chi connectivity index (χ1n) is 5.67. The van der Waals surface area contributed by atoms with Gasteiger partial charge in [0, 0.05) is 19.1 Å². The lowest BCUT2D eigenvalue weighted by Crippen LogP contribution is -2.45. The fourth-order valence-corrected chi connectivity index (χ4v) is 2.20. The molecule has 0 aromatic carbocycles. The summed E-state index contributed by atoms with van der Waals surface area (Å²) in [6.45, 7) is 1.48. The minimum absolute atomic E-state index is 0.146. The number of methoxy groups -OCH3 is 1. The lowest BCUT2D eigenvalue weighted by atomic mass is 10.0. The van der Waals surface area contributed by atoms with Crippen molar-refractivity contribution in [3.05, 3.63) is 5.28 Å². The Morgan fingerprint density at radius 1 is 1.41 bits per heavy atom. The molecule has 2 rings (SSSR count). The van der Waals surface area contributed by atoms with Gasteiger partial charge in [0.25, 0.3) is 0 Å². The summed E-state index contributed by atoms with van der Waals surface area (Å²) in [4.78, 5) is 14.3. The molecule has 94 valence electrons. The number of rotatable bonds is 3. The van der Waals surface area contributed by atoms with E-state index in [2.05, 4.69) is 19.9 Å². The molecule has 2 heterocycles. The van der Waals surface area contributed by atoms with Crippen molar-refractivity contribution < 1.29 is 4.74 Å². The van der Waals surface area contributed by atoms with E-state index in [9.17, 15) is 0 Å². The van der Waals surface area contributed by atoms with E-state index < -0.39 is 0 Å². The van der Waals surface area contributed by atoms with Crippen LogP contribution in [-0.4, -0.2) is 41.2 Å². The standard InChI is InChI=1S/C10H16ClN5O/c1-17-10-14-8(11)13-9(15-10)16-5-3-2-4-7(16)6-12/h7H,2-6,12H2,1H3. The molecule has 1 aliphatic heterocycles. The lowest BCUT2D eigenvalue weighted by Gasteiger charge is -2.34. The molecule has 1 atom stereocenters. The van der Waals surface area contributed by atoms with Crippen molar-refractivity contribution in [1.29, 1.82) is 0 Å². The van der Waals surface area contributed by atoms with Crippen LogP contribution < -0.4 is 15.4 Å². The SMILES string of the molecule is COc1nc(Cl)nc(N2CCCCC2CN)n1. The van der Waals surface area contributed by atoms with Crippen molar-refractivity contribution in [2.75, 3.05) is 25.1 Å². The molecular formula is C10H16ClN5O. The van der Waals surface area contributed by atoms with Crippen molar-refractivity contribution in [2.24, 2.45) is 5.73 Å². The van der Waals surface area contributed by atoms with Crippen molar-refractivity contribution in [2.45, 2.75) is 25.3 Å². The summed E-state index contributed by atoms with van der Waals surface area (Å²) in [7, 11) is 1.51. The van der Waals surface area contributed by atoms with Gasteiger partial charge in [-0.15, -0.1) is 0 Å². The van der Waals surface area contributed by atoms with Gasteiger partial charge >= 0.3 is 6.01 Å². The second kappa shape index (κ2) is 5.46. The van der Waals surface area contributed by atoms with Gasteiger partial charge in [-0.3, -0.25) is 0 Å². The third kappa shape index (κ3) is 2.76. The van der Waals surface area contributed by atoms with E-state index >= 15 is 0 Å². The average Bonchev–Trinajstić information content (AvgIpc) is 2.37. The third-order valence-electron chi connectivity index (χ3n) is 2.91. The molecule has 0 amide bonds. The molecule has 1 fully saturated rings. The Hall–Kier alpha value is -1.14. The predicted octanol–water partition coefficient (Wildman–Crippen LogP) is 0.851. The van der Waals surface area contributed by atoms with Gasteiger partial charge in [0.2, 0.25) is 11.2 Å². The Labute approximate surface area is 105 Å². The van der Waals surface area contributed by atoms with Gasteiger partial charge in [0.05, 0.1) is 7.11 Å². The van der Waals surface area contributed by atoms with Gasteiger partial charge in [-0.25, -0.2) is 0 Å². The number of hydrogen-bond acceptors (Lipinski definition) is 6. The van der Waals surface area contributed by atoms with Crippen LogP contribution in [0, 0.1) is 0 Å². The fraction of sp³-hybridized carbons (Fsp3) is 0.700. The normalized spacial score (nSPS) is 20.4. The summed E-state index contributed by atoms with van der Waals surface area (Å²) in [5.74, 6) is 0.553. The molecule has 2 N–H and O–H groups in total. The Balaban J connectivity index is 2.27. The maximum absolute atomic E-state index is 5.84. The Morgan fingerprint density at radius 2 is 2.24 bits per heavy atom. The van der Waals surface area contributed by atoms with E-state index in [0.29, 0.717) is 12.5 Å². The first-order chi connectivity index (χ1) is 8.24. The Kier molecular flexibility index (Phi) is 3.96. The van der Waals surface area contributed by atoms with Gasteiger partial charge in [0.15, 0.2) is 0 Å². The van der Waals surface area contributed by atoms with E-state index in [1.165, 1.54) is 13.5 Å². The average molecular weight is 258 g/mol. The number of hydrogen-bond donors (Lipinski definition) is 1. The van der Waals surface area contributed by atoms with E-state index in [1.54, 1.807) is 0 Å². The highest BCUT2D eigenvalue weighted by atomic mass is 35.5. The number of anilines is 1. The molecule has 0 aliphatic carbocycles. The Bertz CT molecular complexity index is 389. The molecule has 0 bridgehead atoms. The summed E-state index contributed by atoms with van der Waals surface area (Å²) in [6.07, 6.45) is 3.36. The highest BCUT2D eigenvalue weighted by molar-refractivity contribution is 6.28. The van der Waals surface area contributed by atoms with Gasteiger partial charge in [-0.05, 0) is 30.9 Å². The second-order valence-corrected chi connectivity index (χ2v) is 4.31. The van der Waals surface area contributed by atoms with E-state index in [0.717, 1.165) is 19.4 Å². The van der Waals surface area contributed by atoms with E-state index in [-0.39, 0.29) is 17.3 Å². The number of nitrogens with two attached hydrogens (primary N) is 1. The molecule has 1 saturated heterocycles. The maximum atomic E-state index is 5.84. The van der Waals surface area contributed by atoms with E-state index in [1.807, 2.05) is 0 Å². The molecule has 1 unspecified atom stereocenters. The van der Waals surface area contributed by atoms with Crippen LogP contribution in [0.4, 0.5) is 5.95 Å². The molecule has 0 spiro atoms. The van der Waals surface area contributed by atoms with Crippen LogP contribution in [0.2, 0.25) is 5.28 Å². The summed E-state index contributed by atoms with van der Waals surface area (Å²) >= 11 is 5.84. The van der Waals surface area contributed by atoms with Gasteiger partial charge in [0.1, 0.15) is 0 Å². The van der Waals surface area contributed by atoms with Crippen molar-refractivity contribution in [3.8, 4) is 6.01 Å². The Morgan fingerprint density at radius 3 is 2.94 bits per heavy atom. The highest BCUT2D eigenvalue weighted by Crippen LogP contribution is 2.23. The van der Waals surface area contributed by atoms with Crippen molar-refractivity contribution >= 4 is 17.5 Å². The zero-order chi connectivity index (χ0) is 12.3. The quantitative estimate of drug-likeness (QED) is 0.865. The van der Waals surface area contributed by atoms with Crippen LogP contribution in [0.3, 0.4) is 0 Å². The maximum Gasteiger partial charge on any atom is 0.322 e. The molecule has 17 heavy (non-hydrogen) atoms. The van der Waals surface area contributed by atoms with Gasteiger partial charge in [-0.1, -0.05) is 0 Å². The monoisotopic (exact) mass is 257 g/mol. The first kappa shape index (κ1) is 12.3. The molecule has 0 radical (unpaired) electrons. The molecule has 1 aromatic rings. The van der Waals surface area contributed by atoms with Crippen molar-refractivity contribution in [1.82, 2.24) is 15.0 Å². The van der Waals surface area contributed by atoms with Crippen LogP contribution in [0.15, 0.2) is 0 Å². The molecule has 0 saturated carbocycles. The zero-order valence-corrected chi connectivity index (χ0v) is 10.5.